The number of nitrogens with zero attached hydrogens (tertiary/aromatic N) is 3. The molecule has 29 heavy (non-hydrogen) atoms. The van der Waals surface area contributed by atoms with Gasteiger partial charge in [-0.05, 0) is 78.0 Å². The van der Waals surface area contributed by atoms with E-state index in [1.54, 1.807) is 0 Å². The maximum absolute atomic E-state index is 13.2. The van der Waals surface area contributed by atoms with Gasteiger partial charge in [0.15, 0.2) is 0 Å². The van der Waals surface area contributed by atoms with Gasteiger partial charge in [0.1, 0.15) is 0 Å². The number of hydrogen-bond acceptors (Lipinski definition) is 4. The van der Waals surface area contributed by atoms with Gasteiger partial charge in [0, 0.05) is 12.5 Å². The molecule has 0 aromatic heterocycles. The maximum Gasteiger partial charge on any atom is 0.241 e. The van der Waals surface area contributed by atoms with Crippen LogP contribution in [0.2, 0.25) is 0 Å². The van der Waals surface area contributed by atoms with Crippen LogP contribution in [0.25, 0.3) is 0 Å². The van der Waals surface area contributed by atoms with Gasteiger partial charge in [-0.15, -0.1) is 0 Å². The van der Waals surface area contributed by atoms with E-state index in [9.17, 15) is 9.59 Å². The van der Waals surface area contributed by atoms with Gasteiger partial charge in [-0.2, -0.15) is 0 Å². The summed E-state index contributed by atoms with van der Waals surface area (Å²) in [7, 11) is 4.26. The van der Waals surface area contributed by atoms with E-state index in [2.05, 4.69) is 29.2 Å². The molecule has 2 amide bonds. The summed E-state index contributed by atoms with van der Waals surface area (Å²) in [5.41, 5.74) is 1.54. The average molecular weight is 401 g/mol. The second-order valence-corrected chi connectivity index (χ2v) is 8.90. The molecule has 6 heteroatoms. The zero-order chi connectivity index (χ0) is 20.8. The van der Waals surface area contributed by atoms with Gasteiger partial charge in [-0.1, -0.05) is 25.0 Å². The molecule has 3 rings (SSSR count). The molecule has 2 aliphatic heterocycles. The Bertz CT molecular complexity index is 698. The summed E-state index contributed by atoms with van der Waals surface area (Å²) in [6, 6.07) is 7.47. The third-order valence-electron chi connectivity index (χ3n) is 6.16. The summed E-state index contributed by atoms with van der Waals surface area (Å²) in [5, 5.41) is 2.93. The Hall–Kier alpha value is -1.92. The molecular formula is C23H36N4O2. The number of carbonyl (C=O) groups is 2. The minimum absolute atomic E-state index is 0.0321. The van der Waals surface area contributed by atoms with Crippen LogP contribution in [0.15, 0.2) is 24.3 Å². The fourth-order valence-electron chi connectivity index (χ4n) is 4.53. The number of rotatable bonds is 7. The number of carbonyl (C=O) groups excluding carboxylic acids is 2. The predicted molar refractivity (Wildman–Crippen MR) is 118 cm³/mol. The zero-order valence-corrected chi connectivity index (χ0v) is 18.2. The lowest BCUT2D eigenvalue weighted by molar-refractivity contribution is -0.120. The first-order valence-corrected chi connectivity index (χ1v) is 11.0. The summed E-state index contributed by atoms with van der Waals surface area (Å²) in [5.74, 6) is 0.851. The largest absolute Gasteiger partial charge is 0.324 e. The smallest absolute Gasteiger partial charge is 0.241 e. The summed E-state index contributed by atoms with van der Waals surface area (Å²) in [6.45, 7) is 5.54. The molecule has 6 nitrogen and oxygen atoms in total. The van der Waals surface area contributed by atoms with Crippen LogP contribution in [0.1, 0.15) is 45.4 Å². The van der Waals surface area contributed by atoms with Gasteiger partial charge < -0.3 is 15.1 Å². The number of anilines is 2. The number of nitrogens with one attached hydrogen (secondary N) is 1. The van der Waals surface area contributed by atoms with Gasteiger partial charge in [0.25, 0.3) is 0 Å². The fourth-order valence-corrected chi connectivity index (χ4v) is 4.53. The van der Waals surface area contributed by atoms with Crippen LogP contribution < -0.4 is 10.2 Å². The van der Waals surface area contributed by atoms with E-state index in [-0.39, 0.29) is 17.9 Å². The molecular weight excluding hydrogens is 364 g/mol. The van der Waals surface area contributed by atoms with Crippen LogP contribution >= 0.6 is 0 Å². The van der Waals surface area contributed by atoms with Gasteiger partial charge in [0.2, 0.25) is 11.8 Å². The van der Waals surface area contributed by atoms with E-state index in [0.29, 0.717) is 13.0 Å². The van der Waals surface area contributed by atoms with Crippen LogP contribution in [0.3, 0.4) is 0 Å². The minimum atomic E-state index is -0.139. The lowest BCUT2D eigenvalue weighted by atomic mass is 9.91. The van der Waals surface area contributed by atoms with E-state index in [1.165, 1.54) is 38.6 Å². The number of piperidine rings is 1. The second kappa shape index (κ2) is 10.2. The number of likely N-dealkylation sites (tertiary alicyclic amines) is 1. The zero-order valence-electron chi connectivity index (χ0n) is 18.2. The van der Waals surface area contributed by atoms with Crippen molar-refractivity contribution in [2.24, 2.45) is 5.92 Å². The lowest BCUT2D eigenvalue weighted by Crippen LogP contribution is -2.46. The Kier molecular flexibility index (Phi) is 7.67. The highest BCUT2D eigenvalue weighted by Crippen LogP contribution is 2.31. The van der Waals surface area contributed by atoms with Crippen molar-refractivity contribution in [3.8, 4) is 0 Å². The highest BCUT2D eigenvalue weighted by atomic mass is 16.2. The van der Waals surface area contributed by atoms with E-state index in [1.807, 2.05) is 36.1 Å². The molecule has 0 aliphatic carbocycles. The van der Waals surface area contributed by atoms with Crippen molar-refractivity contribution in [3.05, 3.63) is 24.3 Å². The molecule has 0 saturated carbocycles. The number of unbranched alkanes of at least 4 members (excludes halogenated alkanes) is 1. The van der Waals surface area contributed by atoms with E-state index < -0.39 is 0 Å². The lowest BCUT2D eigenvalue weighted by Gasteiger charge is -2.34. The van der Waals surface area contributed by atoms with Crippen molar-refractivity contribution in [2.45, 2.75) is 51.5 Å². The van der Waals surface area contributed by atoms with Crippen LogP contribution in [0.4, 0.5) is 11.4 Å². The van der Waals surface area contributed by atoms with Crippen LogP contribution in [0, 0.1) is 5.92 Å². The van der Waals surface area contributed by atoms with Crippen LogP contribution in [0.5, 0.6) is 0 Å². The molecule has 1 aromatic carbocycles. The van der Waals surface area contributed by atoms with Crippen molar-refractivity contribution in [1.29, 1.82) is 0 Å². The molecule has 0 bridgehead atoms. The van der Waals surface area contributed by atoms with Crippen molar-refractivity contribution < 1.29 is 9.59 Å². The molecule has 1 unspecified atom stereocenters. The molecule has 0 spiro atoms. The Morgan fingerprint density at radius 1 is 1.17 bits per heavy atom. The molecule has 2 heterocycles. The highest BCUT2D eigenvalue weighted by Gasteiger charge is 2.31. The van der Waals surface area contributed by atoms with Crippen LogP contribution in [-0.2, 0) is 9.59 Å². The van der Waals surface area contributed by atoms with Gasteiger partial charge in [-0.25, -0.2) is 0 Å². The predicted octanol–water partition coefficient (Wildman–Crippen LogP) is 3.19. The van der Waals surface area contributed by atoms with Crippen molar-refractivity contribution >= 4 is 23.2 Å². The summed E-state index contributed by atoms with van der Waals surface area (Å²) < 4.78 is 0. The monoisotopic (exact) mass is 400 g/mol. The molecule has 1 saturated heterocycles. The first kappa shape index (κ1) is 21.8. The normalized spacial score (nSPS) is 21.0. The third kappa shape index (κ3) is 6.03. The molecule has 1 atom stereocenters. The summed E-state index contributed by atoms with van der Waals surface area (Å²) in [6.07, 6.45) is 6.56. The highest BCUT2D eigenvalue weighted by molar-refractivity contribution is 6.04. The van der Waals surface area contributed by atoms with Crippen molar-refractivity contribution in [2.75, 3.05) is 50.5 Å². The number of hydrogen-bond donors (Lipinski definition) is 1. The molecule has 160 valence electrons. The fraction of sp³-hybridized carbons (Fsp3) is 0.652. The first-order valence-electron chi connectivity index (χ1n) is 11.0. The summed E-state index contributed by atoms with van der Waals surface area (Å²) in [4.78, 5) is 31.7. The standard InChI is InChI=1S/C23H36N4O2/c1-18-16-22(28)24-20-9-4-5-10-21(20)27(18)23(29)17-26-14-11-19(12-15-26)8-6-7-13-25(2)3/h4-5,9-10,18-19H,6-8,11-17H2,1-3H3,(H,24,28). The Balaban J connectivity index is 1.52. The number of para-hydroxylation sites is 2. The van der Waals surface area contributed by atoms with Gasteiger partial charge in [-0.3, -0.25) is 14.5 Å². The molecule has 1 N–H and O–H groups in total. The minimum Gasteiger partial charge on any atom is -0.324 e. The number of amides is 2. The topological polar surface area (TPSA) is 55.9 Å². The second-order valence-electron chi connectivity index (χ2n) is 8.90. The van der Waals surface area contributed by atoms with E-state index in [4.69, 9.17) is 0 Å². The van der Waals surface area contributed by atoms with Crippen molar-refractivity contribution in [1.82, 2.24) is 9.80 Å². The van der Waals surface area contributed by atoms with E-state index >= 15 is 0 Å². The third-order valence-corrected chi connectivity index (χ3v) is 6.16. The maximum atomic E-state index is 13.2. The van der Waals surface area contributed by atoms with Crippen molar-refractivity contribution in [3.63, 3.8) is 0 Å². The molecule has 0 radical (unpaired) electrons. The number of fused-ring (bicyclic) bond motifs is 1. The average Bonchev–Trinajstić information content (AvgIpc) is 2.80. The summed E-state index contributed by atoms with van der Waals surface area (Å²) >= 11 is 0. The Morgan fingerprint density at radius 2 is 1.90 bits per heavy atom. The Morgan fingerprint density at radius 3 is 2.62 bits per heavy atom. The quantitative estimate of drug-likeness (QED) is 0.714. The molecule has 2 aliphatic rings. The number of benzene rings is 1. The molecule has 1 aromatic rings. The van der Waals surface area contributed by atoms with Gasteiger partial charge in [0.05, 0.1) is 17.9 Å². The van der Waals surface area contributed by atoms with Gasteiger partial charge >= 0.3 is 0 Å². The molecule has 1 fully saturated rings. The Labute approximate surface area is 175 Å². The van der Waals surface area contributed by atoms with Crippen LogP contribution in [-0.4, -0.2) is 67.9 Å². The first-order chi connectivity index (χ1) is 13.9. The SMILES string of the molecule is CC1CC(=O)Nc2ccccc2N1C(=O)CN1CCC(CCCCN(C)C)CC1. The van der Waals surface area contributed by atoms with E-state index in [0.717, 1.165) is 30.4 Å².